The van der Waals surface area contributed by atoms with Crippen LogP contribution in [0.2, 0.25) is 0 Å². The third-order valence-corrected chi connectivity index (χ3v) is 2.46. The predicted octanol–water partition coefficient (Wildman–Crippen LogP) is 3.04. The number of halogens is 3. The Bertz CT molecular complexity index is 597. The van der Waals surface area contributed by atoms with Gasteiger partial charge in [-0.3, -0.25) is 0 Å². The highest BCUT2D eigenvalue weighted by Gasteiger charge is 2.20. The topological polar surface area (TPSA) is 51.0 Å². The molecule has 0 saturated heterocycles. The smallest absolute Gasteiger partial charge is 0.253 e. The number of benzene rings is 1. The first-order valence-corrected chi connectivity index (χ1v) is 5.98. The van der Waals surface area contributed by atoms with Gasteiger partial charge in [-0.15, -0.1) is 10.2 Å². The molecule has 0 atom stereocenters. The lowest BCUT2D eigenvalue weighted by molar-refractivity contribution is 0.382. The minimum absolute atomic E-state index is 0.166. The lowest BCUT2D eigenvalue weighted by atomic mass is 10.1. The molecule has 1 aromatic carbocycles. The zero-order chi connectivity index (χ0) is 14.9. The summed E-state index contributed by atoms with van der Waals surface area (Å²) in [5, 5.41) is 10.4. The molecular formula is C13H14F3N3O. The third kappa shape index (κ3) is 3.36. The Labute approximate surface area is 114 Å². The Morgan fingerprint density at radius 1 is 1.10 bits per heavy atom. The lowest BCUT2D eigenvalue weighted by Gasteiger charge is -2.18. The van der Waals surface area contributed by atoms with Gasteiger partial charge in [0.1, 0.15) is 23.0 Å². The Balaban J connectivity index is 2.25. The van der Waals surface area contributed by atoms with Gasteiger partial charge in [0.15, 0.2) is 0 Å². The van der Waals surface area contributed by atoms with Gasteiger partial charge < -0.3 is 9.73 Å². The largest absolute Gasteiger partial charge is 0.419 e. The molecule has 0 saturated carbocycles. The molecule has 2 rings (SSSR count). The molecule has 0 amide bonds. The number of hydrogen-bond acceptors (Lipinski definition) is 4. The lowest BCUT2D eigenvalue weighted by Crippen LogP contribution is -2.35. The van der Waals surface area contributed by atoms with Crippen molar-refractivity contribution in [2.45, 2.75) is 32.9 Å². The highest BCUT2D eigenvalue weighted by Crippen LogP contribution is 2.25. The number of nitrogens with zero attached hydrogens (tertiary/aromatic N) is 2. The quantitative estimate of drug-likeness (QED) is 0.941. The zero-order valence-corrected chi connectivity index (χ0v) is 11.3. The minimum atomic E-state index is -1.08. The van der Waals surface area contributed by atoms with Crippen LogP contribution >= 0.6 is 0 Å². The normalized spacial score (nSPS) is 11.9. The highest BCUT2D eigenvalue weighted by molar-refractivity contribution is 5.54. The molecule has 7 heteroatoms. The second kappa shape index (κ2) is 5.24. The van der Waals surface area contributed by atoms with Gasteiger partial charge in [-0.05, 0) is 20.8 Å². The fraction of sp³-hybridized carbons (Fsp3) is 0.385. The third-order valence-electron chi connectivity index (χ3n) is 2.46. The first-order chi connectivity index (χ1) is 9.26. The molecule has 0 bridgehead atoms. The number of hydrogen-bond donors (Lipinski definition) is 1. The van der Waals surface area contributed by atoms with E-state index in [4.69, 9.17) is 4.42 Å². The van der Waals surface area contributed by atoms with Crippen molar-refractivity contribution in [3.8, 4) is 11.5 Å². The average Bonchev–Trinajstić information content (AvgIpc) is 2.72. The van der Waals surface area contributed by atoms with Crippen molar-refractivity contribution in [3.63, 3.8) is 0 Å². The van der Waals surface area contributed by atoms with Gasteiger partial charge in [0.2, 0.25) is 5.89 Å². The number of nitrogens with one attached hydrogen (secondary N) is 1. The fourth-order valence-corrected chi connectivity index (χ4v) is 1.51. The molecule has 108 valence electrons. The molecule has 0 aliphatic rings. The van der Waals surface area contributed by atoms with E-state index in [2.05, 4.69) is 15.5 Å². The van der Waals surface area contributed by atoms with Crippen molar-refractivity contribution >= 4 is 0 Å². The van der Waals surface area contributed by atoms with Crippen LogP contribution in [0.1, 0.15) is 26.7 Å². The standard InChI is InChI=1S/C13H14F3N3O/c1-13(2,3)17-6-10-18-19-12(20-10)11-8(15)4-7(14)5-9(11)16/h4-5,17H,6H2,1-3H3. The van der Waals surface area contributed by atoms with Crippen LogP contribution in [0.25, 0.3) is 11.5 Å². The van der Waals surface area contributed by atoms with E-state index in [0.29, 0.717) is 12.1 Å². The Morgan fingerprint density at radius 3 is 2.25 bits per heavy atom. The SMILES string of the molecule is CC(C)(C)NCc1nnc(-c2c(F)cc(F)cc2F)o1. The summed E-state index contributed by atoms with van der Waals surface area (Å²) >= 11 is 0. The van der Waals surface area contributed by atoms with Gasteiger partial charge in [0, 0.05) is 17.7 Å². The highest BCUT2D eigenvalue weighted by atomic mass is 19.1. The molecule has 1 N–H and O–H groups in total. The second-order valence-electron chi connectivity index (χ2n) is 5.35. The maximum absolute atomic E-state index is 13.6. The predicted molar refractivity (Wildman–Crippen MR) is 66.2 cm³/mol. The van der Waals surface area contributed by atoms with E-state index in [9.17, 15) is 13.2 Å². The molecule has 0 aliphatic carbocycles. The van der Waals surface area contributed by atoms with Crippen molar-refractivity contribution in [1.82, 2.24) is 15.5 Å². The average molecular weight is 285 g/mol. The van der Waals surface area contributed by atoms with Crippen molar-refractivity contribution in [1.29, 1.82) is 0 Å². The van der Waals surface area contributed by atoms with Gasteiger partial charge in [0.25, 0.3) is 5.89 Å². The zero-order valence-electron chi connectivity index (χ0n) is 11.3. The van der Waals surface area contributed by atoms with Crippen LogP contribution in [0, 0.1) is 17.5 Å². The second-order valence-corrected chi connectivity index (χ2v) is 5.35. The molecule has 0 spiro atoms. The summed E-state index contributed by atoms with van der Waals surface area (Å²) in [7, 11) is 0. The molecule has 20 heavy (non-hydrogen) atoms. The maximum Gasteiger partial charge on any atom is 0.253 e. The van der Waals surface area contributed by atoms with Crippen LogP contribution in [0.5, 0.6) is 0 Å². The molecule has 0 fully saturated rings. The molecule has 0 radical (unpaired) electrons. The van der Waals surface area contributed by atoms with E-state index < -0.39 is 23.0 Å². The van der Waals surface area contributed by atoms with Crippen molar-refractivity contribution in [2.24, 2.45) is 0 Å². The maximum atomic E-state index is 13.6. The Morgan fingerprint density at radius 2 is 1.70 bits per heavy atom. The fourth-order valence-electron chi connectivity index (χ4n) is 1.51. The van der Waals surface area contributed by atoms with Gasteiger partial charge in [-0.25, -0.2) is 13.2 Å². The van der Waals surface area contributed by atoms with Crippen molar-refractivity contribution in [3.05, 3.63) is 35.5 Å². The van der Waals surface area contributed by atoms with Gasteiger partial charge in [0.05, 0.1) is 6.54 Å². The van der Waals surface area contributed by atoms with Crippen LogP contribution in [0.3, 0.4) is 0 Å². The van der Waals surface area contributed by atoms with E-state index in [-0.39, 0.29) is 23.9 Å². The summed E-state index contributed by atoms with van der Waals surface area (Å²) in [5.41, 5.74) is -0.693. The van der Waals surface area contributed by atoms with E-state index in [1.807, 2.05) is 20.8 Å². The minimum Gasteiger partial charge on any atom is -0.419 e. The van der Waals surface area contributed by atoms with Crippen LogP contribution in [0.15, 0.2) is 16.5 Å². The molecule has 1 heterocycles. The van der Waals surface area contributed by atoms with Crippen LogP contribution in [-0.2, 0) is 6.54 Å². The summed E-state index contributed by atoms with van der Waals surface area (Å²) < 4.78 is 45.1. The van der Waals surface area contributed by atoms with Crippen molar-refractivity contribution in [2.75, 3.05) is 0 Å². The molecule has 0 unspecified atom stereocenters. The summed E-state index contributed by atoms with van der Waals surface area (Å²) in [6.45, 7) is 6.11. The first-order valence-electron chi connectivity index (χ1n) is 5.98. The van der Waals surface area contributed by atoms with Crippen LogP contribution in [0.4, 0.5) is 13.2 Å². The van der Waals surface area contributed by atoms with Crippen LogP contribution in [-0.4, -0.2) is 15.7 Å². The first kappa shape index (κ1) is 14.5. The summed E-state index contributed by atoms with van der Waals surface area (Å²) in [5.74, 6) is -3.29. The molecule has 1 aromatic heterocycles. The van der Waals surface area contributed by atoms with E-state index in [1.165, 1.54) is 0 Å². The van der Waals surface area contributed by atoms with Gasteiger partial charge in [-0.2, -0.15) is 0 Å². The van der Waals surface area contributed by atoms with Crippen LogP contribution < -0.4 is 5.32 Å². The number of aromatic nitrogens is 2. The summed E-state index contributed by atoms with van der Waals surface area (Å²) in [6, 6.07) is 1.13. The molecule has 4 nitrogen and oxygen atoms in total. The summed E-state index contributed by atoms with van der Waals surface area (Å²) in [6.07, 6.45) is 0. The Hall–Kier alpha value is -1.89. The summed E-state index contributed by atoms with van der Waals surface area (Å²) in [4.78, 5) is 0. The molecular weight excluding hydrogens is 271 g/mol. The Kier molecular flexibility index (Phi) is 3.80. The van der Waals surface area contributed by atoms with Gasteiger partial charge >= 0.3 is 0 Å². The van der Waals surface area contributed by atoms with E-state index in [0.717, 1.165) is 0 Å². The van der Waals surface area contributed by atoms with Crippen molar-refractivity contribution < 1.29 is 17.6 Å². The van der Waals surface area contributed by atoms with E-state index >= 15 is 0 Å². The van der Waals surface area contributed by atoms with Gasteiger partial charge in [-0.1, -0.05) is 0 Å². The van der Waals surface area contributed by atoms with E-state index in [1.54, 1.807) is 0 Å². The monoisotopic (exact) mass is 285 g/mol. The number of rotatable bonds is 3. The molecule has 2 aromatic rings. The molecule has 0 aliphatic heterocycles.